The molecule has 1 aliphatic carbocycles. The summed E-state index contributed by atoms with van der Waals surface area (Å²) in [6.07, 6.45) is 5.76. The van der Waals surface area contributed by atoms with Gasteiger partial charge in [0.25, 0.3) is 0 Å². The van der Waals surface area contributed by atoms with Crippen molar-refractivity contribution in [2.75, 3.05) is 13.6 Å². The lowest BCUT2D eigenvalue weighted by molar-refractivity contribution is -0.441. The van der Waals surface area contributed by atoms with Gasteiger partial charge >= 0.3 is 0 Å². The largest absolute Gasteiger partial charge is 0.623 e. The third kappa shape index (κ3) is 2.72. The Morgan fingerprint density at radius 3 is 2.81 bits per heavy atom. The summed E-state index contributed by atoms with van der Waals surface area (Å²) in [6.45, 7) is 0.215. The fourth-order valence-corrected chi connectivity index (χ4v) is 2.95. The van der Waals surface area contributed by atoms with Gasteiger partial charge in [0.15, 0.2) is 5.84 Å². The van der Waals surface area contributed by atoms with E-state index in [1.54, 1.807) is 7.05 Å². The van der Waals surface area contributed by atoms with E-state index in [4.69, 9.17) is 11.6 Å². The van der Waals surface area contributed by atoms with Crippen molar-refractivity contribution >= 4 is 23.1 Å². The van der Waals surface area contributed by atoms with Crippen LogP contribution in [0.3, 0.4) is 0 Å². The molecule has 0 spiro atoms. The maximum atomic E-state index is 12.6. The Kier molecular flexibility index (Phi) is 3.80. The third-order valence-electron chi connectivity index (χ3n) is 3.74. The van der Waals surface area contributed by atoms with Crippen LogP contribution in [0, 0.1) is 11.1 Å². The molecule has 2 unspecified atom stereocenters. The number of hydrogen-bond donors (Lipinski definition) is 1. The van der Waals surface area contributed by atoms with Gasteiger partial charge in [0, 0.05) is 17.6 Å². The SMILES string of the molecule is CN=C1C[N+]([O-])=C(c2ccccc2)C2C=C(Cl)C=CC2N1. The van der Waals surface area contributed by atoms with Gasteiger partial charge in [0.2, 0.25) is 12.3 Å². The molecular weight excluding hydrogens is 286 g/mol. The molecule has 5 heteroatoms. The van der Waals surface area contributed by atoms with E-state index in [0.29, 0.717) is 16.6 Å². The maximum Gasteiger partial charge on any atom is 0.210 e. The van der Waals surface area contributed by atoms with Crippen molar-refractivity contribution in [1.29, 1.82) is 0 Å². The first-order chi connectivity index (χ1) is 10.2. The second-order valence-electron chi connectivity index (χ2n) is 5.06. The van der Waals surface area contributed by atoms with Gasteiger partial charge in [-0.2, -0.15) is 0 Å². The van der Waals surface area contributed by atoms with Crippen molar-refractivity contribution < 1.29 is 4.74 Å². The Balaban J connectivity index is 2.14. The van der Waals surface area contributed by atoms with E-state index in [9.17, 15) is 5.21 Å². The first kappa shape index (κ1) is 13.9. The number of nitrogens with one attached hydrogen (secondary N) is 1. The highest BCUT2D eigenvalue weighted by Gasteiger charge is 2.35. The highest BCUT2D eigenvalue weighted by Crippen LogP contribution is 2.25. The van der Waals surface area contributed by atoms with Crippen molar-refractivity contribution in [3.63, 3.8) is 0 Å². The molecular formula is C16H16ClN3O. The molecule has 0 amide bonds. The van der Waals surface area contributed by atoms with E-state index in [2.05, 4.69) is 10.3 Å². The highest BCUT2D eigenvalue weighted by molar-refractivity contribution is 6.31. The van der Waals surface area contributed by atoms with Gasteiger partial charge in [-0.15, -0.1) is 0 Å². The number of nitrogens with zero attached hydrogens (tertiary/aromatic N) is 2. The van der Waals surface area contributed by atoms with E-state index in [-0.39, 0.29) is 18.5 Å². The van der Waals surface area contributed by atoms with Crippen LogP contribution in [0.25, 0.3) is 0 Å². The van der Waals surface area contributed by atoms with Crippen LogP contribution in [0.1, 0.15) is 5.56 Å². The molecule has 1 N–H and O–H groups in total. The highest BCUT2D eigenvalue weighted by atomic mass is 35.5. The van der Waals surface area contributed by atoms with Gasteiger partial charge in [0.1, 0.15) is 0 Å². The molecule has 21 heavy (non-hydrogen) atoms. The lowest BCUT2D eigenvalue weighted by Crippen LogP contribution is -2.40. The Hall–Kier alpha value is -2.07. The van der Waals surface area contributed by atoms with Gasteiger partial charge in [0.05, 0.1) is 12.0 Å². The lowest BCUT2D eigenvalue weighted by Gasteiger charge is -2.23. The fraction of sp³-hybridized carbons (Fsp3) is 0.250. The van der Waals surface area contributed by atoms with Crippen LogP contribution in [0.4, 0.5) is 0 Å². The Labute approximate surface area is 128 Å². The monoisotopic (exact) mass is 301 g/mol. The number of rotatable bonds is 1. The minimum atomic E-state index is -0.110. The molecule has 0 saturated carbocycles. The van der Waals surface area contributed by atoms with Crippen LogP contribution in [0.5, 0.6) is 0 Å². The number of allylic oxidation sites excluding steroid dienone is 2. The summed E-state index contributed by atoms with van der Waals surface area (Å²) >= 11 is 6.14. The minimum Gasteiger partial charge on any atom is -0.623 e. The van der Waals surface area contributed by atoms with E-state index >= 15 is 0 Å². The molecule has 2 atom stereocenters. The summed E-state index contributed by atoms with van der Waals surface area (Å²) in [5.74, 6) is 0.573. The molecule has 0 fully saturated rings. The van der Waals surface area contributed by atoms with Gasteiger partial charge < -0.3 is 10.5 Å². The first-order valence-electron chi connectivity index (χ1n) is 6.83. The third-order valence-corrected chi connectivity index (χ3v) is 3.99. The number of aliphatic imine (C=N–C) groups is 1. The fourth-order valence-electron chi connectivity index (χ4n) is 2.74. The standard InChI is InChI=1S/C16H16ClN3O/c1-18-15-10-20(21)16(11-5-3-2-4-6-11)13-9-12(17)7-8-14(13)19-15/h2-9,13-14H,10H2,1H3,(H,18,19). The lowest BCUT2D eigenvalue weighted by atomic mass is 9.87. The number of halogens is 1. The van der Waals surface area contributed by atoms with Gasteiger partial charge in [-0.1, -0.05) is 35.9 Å². The molecule has 0 bridgehead atoms. The van der Waals surface area contributed by atoms with E-state index in [0.717, 1.165) is 10.3 Å². The number of benzene rings is 1. The zero-order valence-corrected chi connectivity index (χ0v) is 12.4. The summed E-state index contributed by atoms with van der Waals surface area (Å²) in [5.41, 5.74) is 1.63. The molecule has 1 aliphatic heterocycles. The maximum absolute atomic E-state index is 12.6. The van der Waals surface area contributed by atoms with Crippen LogP contribution in [-0.4, -0.2) is 35.9 Å². The predicted molar refractivity (Wildman–Crippen MR) is 85.9 cm³/mol. The van der Waals surface area contributed by atoms with Crippen molar-refractivity contribution in [2.24, 2.45) is 10.9 Å². The molecule has 0 aromatic heterocycles. The second-order valence-corrected chi connectivity index (χ2v) is 5.50. The summed E-state index contributed by atoms with van der Waals surface area (Å²) in [7, 11) is 1.69. The minimum absolute atomic E-state index is 0.0136. The number of hydrogen-bond acceptors (Lipinski definition) is 2. The van der Waals surface area contributed by atoms with Crippen molar-refractivity contribution in [2.45, 2.75) is 6.04 Å². The van der Waals surface area contributed by atoms with Crippen LogP contribution >= 0.6 is 11.6 Å². The molecule has 1 aromatic rings. The van der Waals surface area contributed by atoms with Gasteiger partial charge in [-0.25, -0.2) is 4.74 Å². The normalized spacial score (nSPS) is 27.0. The van der Waals surface area contributed by atoms with Gasteiger partial charge in [-0.05, 0) is 24.3 Å². The second kappa shape index (κ2) is 5.74. The summed E-state index contributed by atoms with van der Waals surface area (Å²) in [4.78, 5) is 4.16. The summed E-state index contributed by atoms with van der Waals surface area (Å²) in [6, 6.07) is 9.69. The zero-order chi connectivity index (χ0) is 14.8. The van der Waals surface area contributed by atoms with Crippen LogP contribution < -0.4 is 5.32 Å². The van der Waals surface area contributed by atoms with Crippen LogP contribution in [0.15, 0.2) is 58.6 Å². The zero-order valence-electron chi connectivity index (χ0n) is 11.7. The van der Waals surface area contributed by atoms with E-state index < -0.39 is 0 Å². The molecule has 3 rings (SSSR count). The Morgan fingerprint density at radius 2 is 2.10 bits per heavy atom. The van der Waals surface area contributed by atoms with E-state index in [1.807, 2.05) is 48.6 Å². The first-order valence-corrected chi connectivity index (χ1v) is 7.21. The quantitative estimate of drug-likeness (QED) is 0.639. The van der Waals surface area contributed by atoms with Gasteiger partial charge in [-0.3, -0.25) is 4.99 Å². The molecule has 0 saturated heterocycles. The molecule has 4 nitrogen and oxygen atoms in total. The molecule has 1 aromatic carbocycles. The molecule has 108 valence electrons. The Morgan fingerprint density at radius 1 is 1.33 bits per heavy atom. The summed E-state index contributed by atoms with van der Waals surface area (Å²) < 4.78 is 1.01. The average molecular weight is 302 g/mol. The molecule has 2 aliphatic rings. The molecule has 1 heterocycles. The van der Waals surface area contributed by atoms with Crippen molar-refractivity contribution in [3.05, 3.63) is 64.4 Å². The molecule has 0 radical (unpaired) electrons. The van der Waals surface area contributed by atoms with E-state index in [1.165, 1.54) is 0 Å². The average Bonchev–Trinajstić information content (AvgIpc) is 2.63. The van der Waals surface area contributed by atoms with Crippen molar-refractivity contribution in [1.82, 2.24) is 5.32 Å². The van der Waals surface area contributed by atoms with Crippen molar-refractivity contribution in [3.8, 4) is 0 Å². The number of amidine groups is 1. The number of fused-ring (bicyclic) bond motifs is 1. The summed E-state index contributed by atoms with van der Waals surface area (Å²) in [5, 5.41) is 16.6. The Bertz CT molecular complexity index is 661. The van der Waals surface area contributed by atoms with Crippen LogP contribution in [-0.2, 0) is 0 Å². The number of hydroxylamine groups is 1. The smallest absolute Gasteiger partial charge is 0.210 e. The van der Waals surface area contributed by atoms with Crippen LogP contribution in [0.2, 0.25) is 0 Å². The topological polar surface area (TPSA) is 50.5 Å². The predicted octanol–water partition coefficient (Wildman–Crippen LogP) is 2.29.